The molecule has 2 aromatic heterocycles. The maximum absolute atomic E-state index is 13.0. The van der Waals surface area contributed by atoms with Crippen molar-refractivity contribution >= 4 is 57.8 Å². The normalized spacial score (nSPS) is 19.4. The van der Waals surface area contributed by atoms with Crippen LogP contribution in [-0.2, 0) is 25.8 Å². The highest BCUT2D eigenvalue weighted by atomic mass is 32.2. The van der Waals surface area contributed by atoms with Gasteiger partial charge in [-0.25, -0.2) is 9.36 Å². The molecule has 4 rings (SSSR count). The van der Waals surface area contributed by atoms with E-state index in [9.17, 15) is 24.3 Å². The summed E-state index contributed by atoms with van der Waals surface area (Å²) in [5, 5.41) is 15.8. The van der Waals surface area contributed by atoms with E-state index < -0.39 is 35.1 Å². The van der Waals surface area contributed by atoms with Crippen LogP contribution >= 0.6 is 23.3 Å². The first kappa shape index (κ1) is 26.0. The van der Waals surface area contributed by atoms with E-state index in [1.165, 1.54) is 23.9 Å². The van der Waals surface area contributed by atoms with Gasteiger partial charge < -0.3 is 26.7 Å². The zero-order chi connectivity index (χ0) is 26.9. The molecule has 0 aliphatic carbocycles. The lowest BCUT2D eigenvalue weighted by molar-refractivity contribution is -0.689. The summed E-state index contributed by atoms with van der Waals surface area (Å²) in [5.74, 6) is -2.92. The van der Waals surface area contributed by atoms with Gasteiger partial charge in [-0.3, -0.25) is 19.3 Å². The molecule has 0 spiro atoms. The van der Waals surface area contributed by atoms with E-state index in [4.69, 9.17) is 16.3 Å². The largest absolute Gasteiger partial charge is 0.477 e. The van der Waals surface area contributed by atoms with Crippen LogP contribution < -0.4 is 21.4 Å². The number of hydrogen-bond donors (Lipinski definition) is 4. The van der Waals surface area contributed by atoms with Crippen molar-refractivity contribution in [1.29, 1.82) is 0 Å². The molecule has 4 heterocycles. The number of nitrogens with one attached hydrogen (secondary N) is 1. The van der Waals surface area contributed by atoms with E-state index >= 15 is 0 Å². The van der Waals surface area contributed by atoms with Crippen molar-refractivity contribution in [3.63, 3.8) is 0 Å². The van der Waals surface area contributed by atoms with Gasteiger partial charge in [0.1, 0.15) is 23.2 Å². The monoisotopic (exact) mass is 547 g/mol. The Bertz CT molecular complexity index is 1320. The molecule has 2 atom stereocenters. The summed E-state index contributed by atoms with van der Waals surface area (Å²) >= 11 is 2.19. The van der Waals surface area contributed by atoms with Crippen molar-refractivity contribution in [1.82, 2.24) is 19.6 Å². The van der Waals surface area contributed by atoms with E-state index in [0.29, 0.717) is 16.9 Å². The third kappa shape index (κ3) is 5.39. The van der Waals surface area contributed by atoms with E-state index in [-0.39, 0.29) is 35.0 Å². The molecule has 0 radical (unpaired) electrons. The molecular weight excluding hydrogens is 524 g/mol. The number of fused-ring (bicyclic) bond motifs is 1. The number of β-lactam (4-membered cyclic amide) rings is 1. The second kappa shape index (κ2) is 10.5. The number of pyridine rings is 1. The standard InChI is InChI=1S/C21H22N8O6S2/c1-9(2)35-26-12(16-25-21(23)37-27-16)17(31)24-13-18(32)29-14(20(33)34)11(8-36-19(13)29)7-28-5-3-10(4-6-28)15(22)30/h3-6,9,13,19H,7-8H2,1-2H3,(H5-,22,23,24,25,27,30,31,33,34)/p+1/t13?,19-/m0/s1. The quantitative estimate of drug-likeness (QED) is 0.131. The highest BCUT2D eigenvalue weighted by Crippen LogP contribution is 2.40. The number of hydrogen-bond acceptors (Lipinski definition) is 11. The van der Waals surface area contributed by atoms with Crippen LogP contribution in [0.3, 0.4) is 0 Å². The second-order valence-electron chi connectivity index (χ2n) is 8.29. The van der Waals surface area contributed by atoms with Gasteiger partial charge in [0.2, 0.25) is 17.4 Å². The third-order valence-corrected chi connectivity index (χ3v) is 7.19. The number of carboxylic acids is 1. The van der Waals surface area contributed by atoms with Crippen LogP contribution in [0.4, 0.5) is 5.13 Å². The lowest BCUT2D eigenvalue weighted by Gasteiger charge is -2.49. The van der Waals surface area contributed by atoms with Crippen molar-refractivity contribution < 1.29 is 33.7 Å². The van der Waals surface area contributed by atoms with E-state index in [2.05, 4.69) is 19.8 Å². The summed E-state index contributed by atoms with van der Waals surface area (Å²) < 4.78 is 5.67. The number of thioether (sulfide) groups is 1. The fraction of sp³-hybridized carbons (Fsp3) is 0.333. The molecule has 37 heavy (non-hydrogen) atoms. The summed E-state index contributed by atoms with van der Waals surface area (Å²) in [6.45, 7) is 3.62. The number of aromatic nitrogens is 3. The molecule has 1 unspecified atom stereocenters. The average molecular weight is 548 g/mol. The molecule has 2 aromatic rings. The van der Waals surface area contributed by atoms with Gasteiger partial charge in [-0.1, -0.05) is 5.16 Å². The summed E-state index contributed by atoms with van der Waals surface area (Å²) in [7, 11) is 0. The summed E-state index contributed by atoms with van der Waals surface area (Å²) in [6, 6.07) is 2.06. The van der Waals surface area contributed by atoms with Crippen LogP contribution in [0.25, 0.3) is 0 Å². The van der Waals surface area contributed by atoms with Crippen molar-refractivity contribution in [2.24, 2.45) is 10.9 Å². The van der Waals surface area contributed by atoms with Gasteiger partial charge in [0.15, 0.2) is 24.1 Å². The lowest BCUT2D eigenvalue weighted by Crippen LogP contribution is -2.71. The molecule has 1 saturated heterocycles. The molecule has 194 valence electrons. The van der Waals surface area contributed by atoms with Crippen molar-refractivity contribution in [3.8, 4) is 0 Å². The molecule has 16 heteroatoms. The Hall–Kier alpha value is -4.05. The third-order valence-electron chi connectivity index (χ3n) is 5.31. The van der Waals surface area contributed by atoms with Crippen molar-refractivity contribution in [2.45, 2.75) is 37.9 Å². The molecule has 6 N–H and O–H groups in total. The number of carbonyl (C=O) groups is 4. The molecule has 2 aliphatic rings. The Morgan fingerprint density at radius 1 is 1.35 bits per heavy atom. The minimum absolute atomic E-state index is 0.0478. The maximum atomic E-state index is 13.0. The number of carboxylic acid groups (broad SMARTS) is 1. The molecule has 1 fully saturated rings. The summed E-state index contributed by atoms with van der Waals surface area (Å²) in [5.41, 5.74) is 11.3. The number of oxime groups is 1. The number of carbonyl (C=O) groups excluding carboxylic acids is 3. The van der Waals surface area contributed by atoms with Crippen LogP contribution in [0.5, 0.6) is 0 Å². The number of amides is 3. The zero-order valence-electron chi connectivity index (χ0n) is 19.7. The topological polar surface area (TPSA) is 207 Å². The predicted octanol–water partition coefficient (Wildman–Crippen LogP) is -0.925. The van der Waals surface area contributed by atoms with Crippen LogP contribution in [0.2, 0.25) is 0 Å². The van der Waals surface area contributed by atoms with Gasteiger partial charge in [0.05, 0.1) is 5.56 Å². The lowest BCUT2D eigenvalue weighted by atomic mass is 10.0. The summed E-state index contributed by atoms with van der Waals surface area (Å²) in [6.07, 6.45) is 2.87. The van der Waals surface area contributed by atoms with Gasteiger partial charge >= 0.3 is 5.97 Å². The Balaban J connectivity index is 1.52. The Morgan fingerprint density at radius 3 is 2.62 bits per heavy atom. The number of rotatable bonds is 9. The van der Waals surface area contributed by atoms with Crippen molar-refractivity contribution in [3.05, 3.63) is 47.2 Å². The number of aliphatic carboxylic acids is 1. The number of nitrogen functional groups attached to an aromatic ring is 1. The van der Waals surface area contributed by atoms with Crippen LogP contribution in [0.15, 0.2) is 41.0 Å². The van der Waals surface area contributed by atoms with Gasteiger partial charge in [-0.2, -0.15) is 9.36 Å². The van der Waals surface area contributed by atoms with Gasteiger partial charge in [0, 0.05) is 35.0 Å². The van der Waals surface area contributed by atoms with E-state index in [1.807, 2.05) is 0 Å². The molecule has 3 amide bonds. The fourth-order valence-corrected chi connectivity index (χ4v) is 5.40. The van der Waals surface area contributed by atoms with Crippen molar-refractivity contribution in [2.75, 3.05) is 11.5 Å². The predicted molar refractivity (Wildman–Crippen MR) is 132 cm³/mol. The molecule has 14 nitrogen and oxygen atoms in total. The zero-order valence-corrected chi connectivity index (χ0v) is 21.3. The van der Waals surface area contributed by atoms with E-state index in [0.717, 1.165) is 16.4 Å². The number of nitrogens with zero attached hydrogens (tertiary/aromatic N) is 5. The highest BCUT2D eigenvalue weighted by Gasteiger charge is 2.54. The Morgan fingerprint density at radius 2 is 2.05 bits per heavy atom. The first-order valence-corrected chi connectivity index (χ1v) is 12.7. The molecule has 0 bridgehead atoms. The number of primary amides is 1. The van der Waals surface area contributed by atoms with Gasteiger partial charge in [-0.15, -0.1) is 11.8 Å². The maximum Gasteiger partial charge on any atom is 0.352 e. The van der Waals surface area contributed by atoms with Crippen LogP contribution in [0.1, 0.15) is 30.0 Å². The smallest absolute Gasteiger partial charge is 0.352 e. The first-order valence-electron chi connectivity index (χ1n) is 10.9. The molecule has 0 saturated carbocycles. The molecule has 0 aromatic carbocycles. The Kier molecular flexibility index (Phi) is 7.40. The van der Waals surface area contributed by atoms with Gasteiger partial charge in [-0.05, 0) is 13.8 Å². The number of anilines is 1. The fourth-order valence-electron chi connectivity index (χ4n) is 3.64. The average Bonchev–Trinajstić information content (AvgIpc) is 3.28. The Labute approximate surface area is 218 Å². The van der Waals surface area contributed by atoms with E-state index in [1.54, 1.807) is 30.8 Å². The SMILES string of the molecule is CC(C)ON=C(C(=O)NC1C(=O)N2C(C(=O)O)=C(C[n+]3ccc(C(N)=O)cc3)CS[C@@H]12)c1nsc(N)n1. The second-order valence-corrected chi connectivity index (χ2v) is 10.2. The van der Waals surface area contributed by atoms with Crippen LogP contribution in [0, 0.1) is 0 Å². The molecular formula is C21H23N8O6S2+. The van der Waals surface area contributed by atoms with Crippen LogP contribution in [-0.4, -0.2) is 72.0 Å². The van der Waals surface area contributed by atoms with Gasteiger partial charge in [0.25, 0.3) is 11.8 Å². The number of nitrogens with two attached hydrogens (primary N) is 2. The highest BCUT2D eigenvalue weighted by molar-refractivity contribution is 8.00. The molecule has 2 aliphatic heterocycles. The summed E-state index contributed by atoms with van der Waals surface area (Å²) in [4.78, 5) is 59.7. The minimum Gasteiger partial charge on any atom is -0.477 e. The minimum atomic E-state index is -1.26. The first-order chi connectivity index (χ1) is 17.6.